The van der Waals surface area contributed by atoms with Crippen LogP contribution in [-0.4, -0.2) is 18.1 Å². The van der Waals surface area contributed by atoms with Crippen LogP contribution in [0.5, 0.6) is 11.5 Å². The Labute approximate surface area is 90.7 Å². The zero-order chi connectivity index (χ0) is 10.3. The fraction of sp³-hybridized carbons (Fsp3) is 0. The molecule has 0 amide bonds. The summed E-state index contributed by atoms with van der Waals surface area (Å²) in [6.07, 6.45) is 0. The van der Waals surface area contributed by atoms with E-state index >= 15 is 0 Å². The summed E-state index contributed by atoms with van der Waals surface area (Å²) in [6.45, 7) is 0. The van der Waals surface area contributed by atoms with Gasteiger partial charge < -0.3 is 10.2 Å². The first kappa shape index (κ1) is 9.40. The number of hydrogen-bond donors (Lipinski definition) is 2. The molecular weight excluding hydrogens is 243 g/mol. The molecule has 68 valence electrons. The monoisotopic (exact) mass is 248 g/mol. The third kappa shape index (κ3) is 1.26. The fourth-order valence-corrected chi connectivity index (χ4v) is 1.71. The molecular formula is C10H6BBrO2. The molecule has 2 aromatic carbocycles. The van der Waals surface area contributed by atoms with Crippen LogP contribution in [0.2, 0.25) is 0 Å². The van der Waals surface area contributed by atoms with Crippen molar-refractivity contribution < 1.29 is 10.2 Å². The first-order chi connectivity index (χ1) is 6.61. The molecule has 0 aromatic heterocycles. The van der Waals surface area contributed by atoms with Crippen molar-refractivity contribution in [2.45, 2.75) is 0 Å². The molecule has 4 heteroatoms. The van der Waals surface area contributed by atoms with Crippen LogP contribution in [0.4, 0.5) is 0 Å². The second kappa shape index (κ2) is 3.21. The van der Waals surface area contributed by atoms with Gasteiger partial charge in [-0.3, -0.25) is 0 Å². The highest BCUT2D eigenvalue weighted by molar-refractivity contribution is 9.10. The van der Waals surface area contributed by atoms with Crippen molar-refractivity contribution in [2.24, 2.45) is 0 Å². The Kier molecular flexibility index (Phi) is 2.15. The van der Waals surface area contributed by atoms with Crippen LogP contribution < -0.4 is 5.46 Å². The zero-order valence-corrected chi connectivity index (χ0v) is 8.75. The van der Waals surface area contributed by atoms with Crippen LogP contribution in [0.15, 0.2) is 28.7 Å². The van der Waals surface area contributed by atoms with Crippen LogP contribution in [0.3, 0.4) is 0 Å². The minimum atomic E-state index is 0.00491. The second-order valence-corrected chi connectivity index (χ2v) is 3.85. The molecule has 0 aliphatic heterocycles. The lowest BCUT2D eigenvalue weighted by Crippen LogP contribution is -2.01. The van der Waals surface area contributed by atoms with Gasteiger partial charge in [-0.25, -0.2) is 0 Å². The Morgan fingerprint density at radius 1 is 0.929 bits per heavy atom. The maximum Gasteiger partial charge on any atom is 0.137 e. The highest BCUT2D eigenvalue weighted by atomic mass is 79.9. The van der Waals surface area contributed by atoms with Gasteiger partial charge in [-0.15, -0.1) is 0 Å². The van der Waals surface area contributed by atoms with Crippen molar-refractivity contribution in [3.05, 3.63) is 28.7 Å². The predicted octanol–water partition coefficient (Wildman–Crippen LogP) is 1.81. The van der Waals surface area contributed by atoms with Crippen molar-refractivity contribution >= 4 is 40.0 Å². The van der Waals surface area contributed by atoms with Crippen LogP contribution in [-0.2, 0) is 0 Å². The molecule has 0 atom stereocenters. The summed E-state index contributed by atoms with van der Waals surface area (Å²) in [5.74, 6) is 0.114. The number of fused-ring (bicyclic) bond motifs is 1. The molecule has 14 heavy (non-hydrogen) atoms. The second-order valence-electron chi connectivity index (χ2n) is 2.99. The summed E-state index contributed by atoms with van der Waals surface area (Å²) in [4.78, 5) is 0. The molecule has 0 bridgehead atoms. The molecule has 0 aliphatic rings. The van der Waals surface area contributed by atoms with Crippen molar-refractivity contribution in [2.75, 3.05) is 0 Å². The van der Waals surface area contributed by atoms with Gasteiger partial charge in [-0.2, -0.15) is 0 Å². The standard InChI is InChI=1S/C10H6BBrO2/c11-7-3-1-6-5(9(7)13)2-4-8(12)10(6)14/h1-4,13-14H. The van der Waals surface area contributed by atoms with Gasteiger partial charge in [0.2, 0.25) is 0 Å². The normalized spacial score (nSPS) is 10.6. The van der Waals surface area contributed by atoms with Crippen LogP contribution in [0.25, 0.3) is 10.8 Å². The summed E-state index contributed by atoms with van der Waals surface area (Å²) in [5, 5.41) is 20.4. The molecule has 2 aromatic rings. The highest BCUT2D eigenvalue weighted by Gasteiger charge is 2.08. The molecule has 2 radical (unpaired) electrons. The average molecular weight is 249 g/mol. The van der Waals surface area contributed by atoms with Crippen molar-refractivity contribution in [3.8, 4) is 11.5 Å². The lowest BCUT2D eigenvalue weighted by Gasteiger charge is -2.07. The molecule has 2 nitrogen and oxygen atoms in total. The average Bonchev–Trinajstić information content (AvgIpc) is 2.17. The van der Waals surface area contributed by atoms with Gasteiger partial charge in [0.05, 0.1) is 4.47 Å². The lowest BCUT2D eigenvalue weighted by molar-refractivity contribution is 0.475. The molecule has 0 saturated carbocycles. The topological polar surface area (TPSA) is 40.5 Å². The predicted molar refractivity (Wildman–Crippen MR) is 60.4 cm³/mol. The van der Waals surface area contributed by atoms with Crippen molar-refractivity contribution in [1.29, 1.82) is 0 Å². The summed E-state index contributed by atoms with van der Waals surface area (Å²) in [5.41, 5.74) is 0.305. The van der Waals surface area contributed by atoms with E-state index < -0.39 is 0 Å². The summed E-state index contributed by atoms with van der Waals surface area (Å²) in [7, 11) is 5.53. The van der Waals surface area contributed by atoms with E-state index in [0.29, 0.717) is 20.7 Å². The largest absolute Gasteiger partial charge is 0.508 e. The van der Waals surface area contributed by atoms with Gasteiger partial charge in [0, 0.05) is 10.8 Å². The third-order valence-corrected chi connectivity index (χ3v) is 2.77. The molecule has 0 aliphatic carbocycles. The molecule has 0 spiro atoms. The van der Waals surface area contributed by atoms with Gasteiger partial charge in [0.15, 0.2) is 0 Å². The van der Waals surface area contributed by atoms with Crippen molar-refractivity contribution in [3.63, 3.8) is 0 Å². The van der Waals surface area contributed by atoms with E-state index in [-0.39, 0.29) is 11.5 Å². The van der Waals surface area contributed by atoms with Gasteiger partial charge >= 0.3 is 0 Å². The molecule has 0 heterocycles. The SMILES string of the molecule is [B]c1ccc2c(O)c(Br)ccc2c1O. The van der Waals surface area contributed by atoms with Crippen LogP contribution >= 0.6 is 15.9 Å². The van der Waals surface area contributed by atoms with Crippen LogP contribution in [0, 0.1) is 0 Å². The first-order valence-corrected chi connectivity index (χ1v) is 4.79. The van der Waals surface area contributed by atoms with Gasteiger partial charge in [-0.05, 0) is 28.1 Å². The van der Waals surface area contributed by atoms with Gasteiger partial charge in [-0.1, -0.05) is 17.6 Å². The maximum absolute atomic E-state index is 9.67. The van der Waals surface area contributed by atoms with Crippen LogP contribution in [0.1, 0.15) is 0 Å². The quantitative estimate of drug-likeness (QED) is 0.699. The van der Waals surface area contributed by atoms with E-state index in [0.717, 1.165) is 0 Å². The third-order valence-electron chi connectivity index (χ3n) is 2.13. The van der Waals surface area contributed by atoms with Gasteiger partial charge in [0.1, 0.15) is 19.3 Å². The molecule has 0 fully saturated rings. The van der Waals surface area contributed by atoms with E-state index in [4.69, 9.17) is 7.85 Å². The molecule has 0 unspecified atom stereocenters. The fourth-order valence-electron chi connectivity index (χ4n) is 1.36. The number of aromatic hydroxyl groups is 2. The van der Waals surface area contributed by atoms with Crippen molar-refractivity contribution in [1.82, 2.24) is 0 Å². The Hall–Kier alpha value is -1.16. The number of benzene rings is 2. The Balaban J connectivity index is 2.94. The number of halogens is 1. The zero-order valence-electron chi connectivity index (χ0n) is 7.16. The lowest BCUT2D eigenvalue weighted by atomic mass is 9.92. The van der Waals surface area contributed by atoms with E-state index in [2.05, 4.69) is 15.9 Å². The highest BCUT2D eigenvalue weighted by Crippen LogP contribution is 2.35. The van der Waals surface area contributed by atoms with E-state index in [1.165, 1.54) is 0 Å². The summed E-state index contributed by atoms with van der Waals surface area (Å²) < 4.78 is 0.592. The van der Waals surface area contributed by atoms with Gasteiger partial charge in [0.25, 0.3) is 0 Å². The molecule has 2 rings (SSSR count). The smallest absolute Gasteiger partial charge is 0.137 e. The number of hydrogen-bond acceptors (Lipinski definition) is 2. The summed E-state index contributed by atoms with van der Waals surface area (Å²) in [6, 6.07) is 6.59. The Morgan fingerprint density at radius 2 is 1.50 bits per heavy atom. The van der Waals surface area contributed by atoms with E-state index in [9.17, 15) is 10.2 Å². The molecule has 0 saturated heterocycles. The Morgan fingerprint density at radius 3 is 2.21 bits per heavy atom. The van der Waals surface area contributed by atoms with E-state index in [1.807, 2.05) is 0 Å². The number of phenolic OH excluding ortho intramolecular Hbond substituents is 2. The summed E-state index contributed by atoms with van der Waals surface area (Å²) >= 11 is 3.20. The van der Waals surface area contributed by atoms with E-state index in [1.54, 1.807) is 24.3 Å². The number of phenols is 2. The Bertz CT molecular complexity index is 464. The maximum atomic E-state index is 9.67. The number of rotatable bonds is 0. The minimum absolute atomic E-state index is 0.00491. The minimum Gasteiger partial charge on any atom is -0.508 e. The molecule has 2 N–H and O–H groups in total. The first-order valence-electron chi connectivity index (χ1n) is 4.00.